The predicted molar refractivity (Wildman–Crippen MR) is 84.3 cm³/mol. The molecule has 1 fully saturated rings. The van der Waals surface area contributed by atoms with Crippen LogP contribution in [-0.4, -0.2) is 61.9 Å². The second-order valence-electron chi connectivity index (χ2n) is 5.99. The highest BCUT2D eigenvalue weighted by atomic mass is 16.6. The summed E-state index contributed by atoms with van der Waals surface area (Å²) in [7, 11) is 0. The molecule has 1 amide bonds. The van der Waals surface area contributed by atoms with Gasteiger partial charge in [0.1, 0.15) is 13.2 Å². The lowest BCUT2D eigenvalue weighted by atomic mass is 10.2. The van der Waals surface area contributed by atoms with Gasteiger partial charge in [-0.2, -0.15) is 0 Å². The molecule has 2 aliphatic heterocycles. The second-order valence-corrected chi connectivity index (χ2v) is 5.99. The van der Waals surface area contributed by atoms with Crippen LogP contribution in [0.3, 0.4) is 0 Å². The molecule has 0 N–H and O–H groups in total. The lowest BCUT2D eigenvalue weighted by Crippen LogP contribution is -2.49. The minimum Gasteiger partial charge on any atom is -0.486 e. The third-order valence-electron chi connectivity index (χ3n) is 3.88. The lowest BCUT2D eigenvalue weighted by molar-refractivity contribution is -0.146. The number of carbonyl (C=O) groups excluding carboxylic acids is 2. The highest BCUT2D eigenvalue weighted by molar-refractivity contribution is 5.92. The summed E-state index contributed by atoms with van der Waals surface area (Å²) in [5, 5.41) is 0. The van der Waals surface area contributed by atoms with Gasteiger partial charge in [0.25, 0.3) is 5.91 Å². The molecule has 2 unspecified atom stereocenters. The van der Waals surface area contributed by atoms with Gasteiger partial charge in [-0.05, 0) is 32.0 Å². The molecule has 2 aliphatic rings. The van der Waals surface area contributed by atoms with E-state index in [0.717, 1.165) is 0 Å². The van der Waals surface area contributed by atoms with Gasteiger partial charge < -0.3 is 23.8 Å². The van der Waals surface area contributed by atoms with Crippen LogP contribution in [0.2, 0.25) is 0 Å². The Morgan fingerprint density at radius 2 is 1.79 bits per heavy atom. The van der Waals surface area contributed by atoms with Gasteiger partial charge in [0.05, 0.1) is 17.8 Å². The summed E-state index contributed by atoms with van der Waals surface area (Å²) in [4.78, 5) is 26.0. The summed E-state index contributed by atoms with van der Waals surface area (Å²) in [6.07, 6.45) is -0.0441. The molecule has 1 saturated heterocycles. The largest absolute Gasteiger partial charge is 0.486 e. The van der Waals surface area contributed by atoms with Crippen molar-refractivity contribution in [3.63, 3.8) is 0 Å². The van der Waals surface area contributed by atoms with Crippen LogP contribution < -0.4 is 9.47 Å². The Bertz CT molecular complexity index is 622. The standard InChI is InChI=1S/C17H21NO6/c1-11-8-18(9-12(2)24-11)16(19)10-23-17(20)13-3-4-14-15(7-13)22-6-5-21-14/h3-4,7,11-12H,5-6,8-10H2,1-2H3. The molecule has 0 radical (unpaired) electrons. The molecular weight excluding hydrogens is 314 g/mol. The maximum atomic E-state index is 12.2. The quantitative estimate of drug-likeness (QED) is 0.774. The molecule has 0 bridgehead atoms. The Morgan fingerprint density at radius 1 is 1.12 bits per heavy atom. The molecule has 0 spiro atoms. The van der Waals surface area contributed by atoms with Crippen LogP contribution in [0.25, 0.3) is 0 Å². The molecule has 0 saturated carbocycles. The molecule has 24 heavy (non-hydrogen) atoms. The van der Waals surface area contributed by atoms with Crippen LogP contribution in [0.1, 0.15) is 24.2 Å². The molecule has 0 aromatic heterocycles. The van der Waals surface area contributed by atoms with E-state index in [-0.39, 0.29) is 24.7 Å². The van der Waals surface area contributed by atoms with Crippen LogP contribution in [0.5, 0.6) is 11.5 Å². The number of amides is 1. The fourth-order valence-corrected chi connectivity index (χ4v) is 2.85. The average Bonchev–Trinajstić information content (AvgIpc) is 2.58. The molecule has 7 heteroatoms. The fraction of sp³-hybridized carbons (Fsp3) is 0.529. The first-order valence-electron chi connectivity index (χ1n) is 8.03. The summed E-state index contributed by atoms with van der Waals surface area (Å²) >= 11 is 0. The molecule has 1 aromatic rings. The van der Waals surface area contributed by atoms with Gasteiger partial charge in [0, 0.05) is 13.1 Å². The van der Waals surface area contributed by atoms with Crippen molar-refractivity contribution >= 4 is 11.9 Å². The van der Waals surface area contributed by atoms with Crippen LogP contribution >= 0.6 is 0 Å². The first kappa shape index (κ1) is 16.6. The molecule has 0 aliphatic carbocycles. The minimum atomic E-state index is -0.560. The summed E-state index contributed by atoms with van der Waals surface area (Å²) in [5.74, 6) is 0.334. The normalized spacial score (nSPS) is 22.8. The molecule has 2 atom stereocenters. The van der Waals surface area contributed by atoms with E-state index in [1.54, 1.807) is 23.1 Å². The average molecular weight is 335 g/mol. The van der Waals surface area contributed by atoms with Gasteiger partial charge in [0.2, 0.25) is 0 Å². The van der Waals surface area contributed by atoms with Crippen LogP contribution in [0, 0.1) is 0 Å². The summed E-state index contributed by atoms with van der Waals surface area (Å²) in [6, 6.07) is 4.83. The van der Waals surface area contributed by atoms with Crippen molar-refractivity contribution in [3.8, 4) is 11.5 Å². The van der Waals surface area contributed by atoms with Crippen molar-refractivity contribution in [2.45, 2.75) is 26.1 Å². The van der Waals surface area contributed by atoms with Crippen molar-refractivity contribution in [3.05, 3.63) is 23.8 Å². The van der Waals surface area contributed by atoms with E-state index in [2.05, 4.69) is 0 Å². The maximum absolute atomic E-state index is 12.2. The van der Waals surface area contributed by atoms with Crippen molar-refractivity contribution in [2.75, 3.05) is 32.9 Å². The van der Waals surface area contributed by atoms with Gasteiger partial charge in [-0.1, -0.05) is 0 Å². The van der Waals surface area contributed by atoms with Crippen molar-refractivity contribution in [1.82, 2.24) is 4.90 Å². The predicted octanol–water partition coefficient (Wildman–Crippen LogP) is 1.25. The van der Waals surface area contributed by atoms with Gasteiger partial charge in [-0.3, -0.25) is 4.79 Å². The number of ether oxygens (including phenoxy) is 4. The number of benzene rings is 1. The lowest BCUT2D eigenvalue weighted by Gasteiger charge is -2.35. The van der Waals surface area contributed by atoms with E-state index in [1.807, 2.05) is 13.8 Å². The SMILES string of the molecule is CC1CN(C(=O)COC(=O)c2ccc3c(c2)OCCO3)CC(C)O1. The zero-order valence-corrected chi connectivity index (χ0v) is 13.8. The van der Waals surface area contributed by atoms with E-state index in [0.29, 0.717) is 43.4 Å². The maximum Gasteiger partial charge on any atom is 0.338 e. The van der Waals surface area contributed by atoms with E-state index in [9.17, 15) is 9.59 Å². The van der Waals surface area contributed by atoms with Gasteiger partial charge in [-0.25, -0.2) is 4.79 Å². The van der Waals surface area contributed by atoms with E-state index < -0.39 is 5.97 Å². The van der Waals surface area contributed by atoms with Gasteiger partial charge in [-0.15, -0.1) is 0 Å². The number of nitrogens with zero attached hydrogens (tertiary/aromatic N) is 1. The first-order chi connectivity index (χ1) is 11.5. The van der Waals surface area contributed by atoms with Crippen LogP contribution in [0.4, 0.5) is 0 Å². The summed E-state index contributed by atoms with van der Waals surface area (Å²) < 4.78 is 21.6. The second kappa shape index (κ2) is 7.09. The van der Waals surface area contributed by atoms with Crippen molar-refractivity contribution < 1.29 is 28.5 Å². The zero-order chi connectivity index (χ0) is 17.1. The minimum absolute atomic E-state index is 0.0220. The number of fused-ring (bicyclic) bond motifs is 1. The Morgan fingerprint density at radius 3 is 2.50 bits per heavy atom. The Labute approximate surface area is 140 Å². The topological polar surface area (TPSA) is 74.3 Å². The van der Waals surface area contributed by atoms with Crippen LogP contribution in [0.15, 0.2) is 18.2 Å². The van der Waals surface area contributed by atoms with Crippen molar-refractivity contribution in [1.29, 1.82) is 0 Å². The fourth-order valence-electron chi connectivity index (χ4n) is 2.85. The molecule has 7 nitrogen and oxygen atoms in total. The Balaban J connectivity index is 1.56. The van der Waals surface area contributed by atoms with Gasteiger partial charge >= 0.3 is 5.97 Å². The first-order valence-corrected chi connectivity index (χ1v) is 8.03. The smallest absolute Gasteiger partial charge is 0.338 e. The molecule has 3 rings (SSSR count). The highest BCUT2D eigenvalue weighted by Gasteiger charge is 2.26. The Kier molecular flexibility index (Phi) is 4.89. The summed E-state index contributed by atoms with van der Waals surface area (Å²) in [6.45, 7) is 5.48. The van der Waals surface area contributed by atoms with E-state index >= 15 is 0 Å². The van der Waals surface area contributed by atoms with E-state index in [1.165, 1.54) is 0 Å². The van der Waals surface area contributed by atoms with Crippen molar-refractivity contribution in [2.24, 2.45) is 0 Å². The number of carbonyl (C=O) groups is 2. The third-order valence-corrected chi connectivity index (χ3v) is 3.88. The van der Waals surface area contributed by atoms with Crippen LogP contribution in [-0.2, 0) is 14.3 Å². The highest BCUT2D eigenvalue weighted by Crippen LogP contribution is 2.30. The van der Waals surface area contributed by atoms with Gasteiger partial charge in [0.15, 0.2) is 18.1 Å². The number of rotatable bonds is 3. The number of hydrogen-bond acceptors (Lipinski definition) is 6. The Hall–Kier alpha value is -2.28. The summed E-state index contributed by atoms with van der Waals surface area (Å²) in [5.41, 5.74) is 0.329. The number of morpholine rings is 1. The number of hydrogen-bond donors (Lipinski definition) is 0. The number of esters is 1. The zero-order valence-electron chi connectivity index (χ0n) is 13.8. The molecule has 130 valence electrons. The van der Waals surface area contributed by atoms with E-state index in [4.69, 9.17) is 18.9 Å². The molecular formula is C17H21NO6. The monoisotopic (exact) mass is 335 g/mol. The molecule has 1 aromatic carbocycles. The molecule has 2 heterocycles. The third kappa shape index (κ3) is 3.79.